The van der Waals surface area contributed by atoms with E-state index in [0.717, 1.165) is 19.5 Å². The normalized spacial score (nSPS) is 12.9. The van der Waals surface area contributed by atoms with Crippen LogP contribution in [0.3, 0.4) is 0 Å². The van der Waals surface area contributed by atoms with E-state index in [0.29, 0.717) is 5.78 Å². The standard InChI is InChI=1S/C25H31NP/c1-4-25(26(5-2)6-3)27(22-16-10-7-11-17-22,23-18-12-8-13-19-23)24-20-14-9-15-21-24/h7-21,25H,4-6H2,1-3H3/q+1. The fourth-order valence-electron chi connectivity index (χ4n) is 4.37. The quantitative estimate of drug-likeness (QED) is 0.497. The molecule has 1 atom stereocenters. The maximum Gasteiger partial charge on any atom is 0.136 e. The molecule has 0 aromatic heterocycles. The summed E-state index contributed by atoms with van der Waals surface area (Å²) in [6.07, 6.45) is 1.13. The van der Waals surface area contributed by atoms with Gasteiger partial charge in [0.15, 0.2) is 0 Å². The highest BCUT2D eigenvalue weighted by Gasteiger charge is 2.53. The summed E-state index contributed by atoms with van der Waals surface area (Å²) < 4.78 is 0. The third-order valence-corrected chi connectivity index (χ3v) is 10.5. The first-order valence-corrected chi connectivity index (χ1v) is 11.9. The van der Waals surface area contributed by atoms with Crippen LogP contribution < -0.4 is 15.9 Å². The van der Waals surface area contributed by atoms with Crippen LogP contribution in [0.1, 0.15) is 27.2 Å². The van der Waals surface area contributed by atoms with Gasteiger partial charge in [-0.1, -0.05) is 75.4 Å². The van der Waals surface area contributed by atoms with Crippen molar-refractivity contribution in [1.29, 1.82) is 0 Å². The second-order valence-corrected chi connectivity index (χ2v) is 10.4. The second-order valence-electron chi connectivity index (χ2n) is 6.84. The van der Waals surface area contributed by atoms with Gasteiger partial charge in [0.25, 0.3) is 0 Å². The van der Waals surface area contributed by atoms with E-state index in [-0.39, 0.29) is 0 Å². The third-order valence-electron chi connectivity index (χ3n) is 5.54. The van der Waals surface area contributed by atoms with Gasteiger partial charge in [-0.15, -0.1) is 0 Å². The van der Waals surface area contributed by atoms with Crippen LogP contribution in [0.5, 0.6) is 0 Å². The highest BCUT2D eigenvalue weighted by Crippen LogP contribution is 2.61. The molecular formula is C25H31NP+. The van der Waals surface area contributed by atoms with Gasteiger partial charge in [-0.2, -0.15) is 0 Å². The molecule has 0 aliphatic carbocycles. The predicted octanol–water partition coefficient (Wildman–Crippen LogP) is 5.06. The van der Waals surface area contributed by atoms with Crippen molar-refractivity contribution in [3.8, 4) is 0 Å². The summed E-state index contributed by atoms with van der Waals surface area (Å²) in [4.78, 5) is 2.67. The molecule has 0 spiro atoms. The van der Waals surface area contributed by atoms with Gasteiger partial charge in [0.2, 0.25) is 0 Å². The van der Waals surface area contributed by atoms with Gasteiger partial charge in [0.05, 0.1) is 0 Å². The van der Waals surface area contributed by atoms with Crippen molar-refractivity contribution in [2.45, 2.75) is 33.0 Å². The molecular weight excluding hydrogens is 345 g/mol. The third kappa shape index (κ3) is 3.72. The molecule has 0 aliphatic rings. The SMILES string of the molecule is CCC(N(CC)CC)[P+](c1ccccc1)(c1ccccc1)c1ccccc1. The van der Waals surface area contributed by atoms with Crippen LogP contribution >= 0.6 is 7.26 Å². The maximum atomic E-state index is 2.67. The molecule has 1 unspecified atom stereocenters. The summed E-state index contributed by atoms with van der Waals surface area (Å²) in [5.74, 6) is 0.486. The van der Waals surface area contributed by atoms with Crippen molar-refractivity contribution in [2.24, 2.45) is 0 Å². The van der Waals surface area contributed by atoms with Crippen LogP contribution in [0.15, 0.2) is 91.0 Å². The molecule has 2 heteroatoms. The first kappa shape index (κ1) is 19.8. The lowest BCUT2D eigenvalue weighted by atomic mass is 10.3. The predicted molar refractivity (Wildman–Crippen MR) is 122 cm³/mol. The van der Waals surface area contributed by atoms with Crippen LogP contribution in [0, 0.1) is 0 Å². The Balaban J connectivity index is 2.39. The largest absolute Gasteiger partial charge is 0.268 e. The van der Waals surface area contributed by atoms with Crippen LogP contribution in [0.25, 0.3) is 0 Å². The second kappa shape index (κ2) is 9.31. The molecule has 0 fully saturated rings. The van der Waals surface area contributed by atoms with E-state index in [1.54, 1.807) is 0 Å². The van der Waals surface area contributed by atoms with Crippen molar-refractivity contribution in [3.63, 3.8) is 0 Å². The molecule has 0 radical (unpaired) electrons. The number of nitrogens with zero attached hydrogens (tertiary/aromatic N) is 1. The minimum Gasteiger partial charge on any atom is -0.268 e. The fourth-order valence-corrected chi connectivity index (χ4v) is 9.59. The van der Waals surface area contributed by atoms with E-state index in [2.05, 4.69) is 117 Å². The number of hydrogen-bond donors (Lipinski definition) is 0. The number of rotatable bonds is 8. The van der Waals surface area contributed by atoms with Gasteiger partial charge in [0, 0.05) is 0 Å². The molecule has 27 heavy (non-hydrogen) atoms. The Labute approximate surface area is 165 Å². The highest BCUT2D eigenvalue weighted by molar-refractivity contribution is 7.96. The van der Waals surface area contributed by atoms with E-state index >= 15 is 0 Å². The Morgan fingerprint density at radius 3 is 1.19 bits per heavy atom. The van der Waals surface area contributed by atoms with Crippen molar-refractivity contribution in [3.05, 3.63) is 91.0 Å². The smallest absolute Gasteiger partial charge is 0.136 e. The first-order chi connectivity index (χ1) is 13.3. The molecule has 0 saturated heterocycles. The lowest BCUT2D eigenvalue weighted by Gasteiger charge is -2.39. The van der Waals surface area contributed by atoms with Gasteiger partial charge < -0.3 is 0 Å². The van der Waals surface area contributed by atoms with E-state index in [9.17, 15) is 0 Å². The average Bonchev–Trinajstić information content (AvgIpc) is 2.76. The zero-order valence-corrected chi connectivity index (χ0v) is 17.6. The van der Waals surface area contributed by atoms with E-state index in [4.69, 9.17) is 0 Å². The molecule has 0 heterocycles. The monoisotopic (exact) mass is 376 g/mol. The molecule has 0 amide bonds. The van der Waals surface area contributed by atoms with Crippen LogP contribution in [0.4, 0.5) is 0 Å². The molecule has 1 nitrogen and oxygen atoms in total. The zero-order valence-electron chi connectivity index (χ0n) is 16.8. The van der Waals surface area contributed by atoms with Gasteiger partial charge in [0.1, 0.15) is 29.0 Å². The van der Waals surface area contributed by atoms with E-state index in [1.807, 2.05) is 0 Å². The minimum absolute atomic E-state index is 0.486. The summed E-state index contributed by atoms with van der Waals surface area (Å²) in [5, 5.41) is 4.42. The molecule has 0 bridgehead atoms. The van der Waals surface area contributed by atoms with Gasteiger partial charge in [-0.05, 0) is 55.9 Å². The minimum atomic E-state index is -1.83. The summed E-state index contributed by atoms with van der Waals surface area (Å²) in [6.45, 7) is 9.09. The summed E-state index contributed by atoms with van der Waals surface area (Å²) in [5.41, 5.74) is 0. The summed E-state index contributed by atoms with van der Waals surface area (Å²) >= 11 is 0. The molecule has 140 valence electrons. The van der Waals surface area contributed by atoms with E-state index < -0.39 is 7.26 Å². The van der Waals surface area contributed by atoms with Crippen LogP contribution in [-0.4, -0.2) is 23.8 Å². The molecule has 0 aliphatic heterocycles. The van der Waals surface area contributed by atoms with Crippen LogP contribution in [0.2, 0.25) is 0 Å². The van der Waals surface area contributed by atoms with Gasteiger partial charge >= 0.3 is 0 Å². The lowest BCUT2D eigenvalue weighted by Crippen LogP contribution is -2.47. The zero-order chi connectivity index (χ0) is 19.1. The highest BCUT2D eigenvalue weighted by atomic mass is 31.2. The Bertz CT molecular complexity index is 701. The number of hydrogen-bond acceptors (Lipinski definition) is 1. The average molecular weight is 377 g/mol. The summed E-state index contributed by atoms with van der Waals surface area (Å²) in [7, 11) is -1.83. The van der Waals surface area contributed by atoms with Crippen molar-refractivity contribution in [1.82, 2.24) is 4.90 Å². The lowest BCUT2D eigenvalue weighted by molar-refractivity contribution is 0.274. The van der Waals surface area contributed by atoms with Crippen molar-refractivity contribution >= 4 is 23.2 Å². The molecule has 0 N–H and O–H groups in total. The van der Waals surface area contributed by atoms with Gasteiger partial charge in [-0.25, -0.2) is 0 Å². The molecule has 0 saturated carbocycles. The van der Waals surface area contributed by atoms with Gasteiger partial charge in [-0.3, -0.25) is 4.90 Å². The topological polar surface area (TPSA) is 3.24 Å². The van der Waals surface area contributed by atoms with Crippen LogP contribution in [-0.2, 0) is 0 Å². The Morgan fingerprint density at radius 2 is 0.926 bits per heavy atom. The Morgan fingerprint density at radius 1 is 0.593 bits per heavy atom. The van der Waals surface area contributed by atoms with Crippen molar-refractivity contribution < 1.29 is 0 Å². The number of benzene rings is 3. The fraction of sp³-hybridized carbons (Fsp3) is 0.280. The Hall–Kier alpha value is -1.95. The Kier molecular flexibility index (Phi) is 6.83. The van der Waals surface area contributed by atoms with E-state index in [1.165, 1.54) is 15.9 Å². The molecule has 3 rings (SSSR count). The van der Waals surface area contributed by atoms with Crippen molar-refractivity contribution in [2.75, 3.05) is 13.1 Å². The summed E-state index contributed by atoms with van der Waals surface area (Å²) in [6, 6.07) is 33.7. The molecule has 3 aromatic carbocycles. The molecule has 3 aromatic rings. The maximum absolute atomic E-state index is 2.67. The first-order valence-electron chi connectivity index (χ1n) is 10.1.